The Morgan fingerprint density at radius 3 is 2.72 bits per heavy atom. The van der Waals surface area contributed by atoms with Gasteiger partial charge in [-0.25, -0.2) is 4.98 Å². The number of hydrogen-bond donors (Lipinski definition) is 0. The first-order valence-corrected chi connectivity index (χ1v) is 9.27. The van der Waals surface area contributed by atoms with E-state index in [9.17, 15) is 4.79 Å². The van der Waals surface area contributed by atoms with E-state index in [1.54, 1.807) is 24.5 Å². The van der Waals surface area contributed by atoms with Gasteiger partial charge < -0.3 is 9.64 Å². The number of aryl methyl sites for hydroxylation is 1. The molecule has 0 spiro atoms. The normalized spacial score (nSPS) is 15.7. The predicted molar refractivity (Wildman–Crippen MR) is 101 cm³/mol. The molecule has 0 N–H and O–H groups in total. The highest BCUT2D eigenvalue weighted by Crippen LogP contribution is 2.19. The van der Waals surface area contributed by atoms with Crippen molar-refractivity contribution in [3.63, 3.8) is 0 Å². The van der Waals surface area contributed by atoms with Gasteiger partial charge in [-0.05, 0) is 19.1 Å². The topological polar surface area (TPSA) is 45.7 Å². The summed E-state index contributed by atoms with van der Waals surface area (Å²) >= 11 is 1.68. The van der Waals surface area contributed by atoms with Gasteiger partial charge in [-0.2, -0.15) is 0 Å². The third kappa shape index (κ3) is 4.67. The molecule has 1 aliphatic rings. The molecular weight excluding hydrogens is 334 g/mol. The fourth-order valence-electron chi connectivity index (χ4n) is 2.91. The van der Waals surface area contributed by atoms with Crippen molar-refractivity contribution < 1.29 is 9.53 Å². The minimum absolute atomic E-state index is 0.0510. The highest BCUT2D eigenvalue weighted by molar-refractivity contribution is 7.09. The van der Waals surface area contributed by atoms with Gasteiger partial charge in [0.05, 0.1) is 17.8 Å². The van der Waals surface area contributed by atoms with Gasteiger partial charge in [0.25, 0.3) is 0 Å². The Morgan fingerprint density at radius 2 is 2.04 bits per heavy atom. The molecule has 1 aromatic heterocycles. The Morgan fingerprint density at radius 1 is 1.28 bits per heavy atom. The Labute approximate surface area is 152 Å². The molecule has 2 heterocycles. The monoisotopic (exact) mass is 357 g/mol. The highest BCUT2D eigenvalue weighted by Gasteiger charge is 2.20. The van der Waals surface area contributed by atoms with Gasteiger partial charge >= 0.3 is 0 Å². The number of thiazole rings is 1. The molecule has 25 heavy (non-hydrogen) atoms. The lowest BCUT2D eigenvalue weighted by Crippen LogP contribution is -2.47. The molecule has 1 aliphatic heterocycles. The van der Waals surface area contributed by atoms with Crippen LogP contribution in [0.1, 0.15) is 16.3 Å². The molecule has 0 aliphatic carbocycles. The number of nitrogens with zero attached hydrogens (tertiary/aromatic N) is 3. The Kier molecular flexibility index (Phi) is 5.83. The van der Waals surface area contributed by atoms with Gasteiger partial charge in [-0.1, -0.05) is 18.2 Å². The van der Waals surface area contributed by atoms with Crippen molar-refractivity contribution in [1.29, 1.82) is 0 Å². The van der Waals surface area contributed by atoms with Crippen molar-refractivity contribution in [2.24, 2.45) is 0 Å². The van der Waals surface area contributed by atoms with Crippen LogP contribution in [0.15, 0.2) is 35.7 Å². The summed E-state index contributed by atoms with van der Waals surface area (Å²) in [6.45, 7) is 6.15. The molecular formula is C19H23N3O2S. The quantitative estimate of drug-likeness (QED) is 0.772. The van der Waals surface area contributed by atoms with Gasteiger partial charge in [0.2, 0.25) is 5.91 Å². The molecule has 1 aromatic carbocycles. The van der Waals surface area contributed by atoms with Crippen molar-refractivity contribution >= 4 is 23.3 Å². The van der Waals surface area contributed by atoms with E-state index < -0.39 is 0 Å². The molecule has 5 nitrogen and oxygen atoms in total. The van der Waals surface area contributed by atoms with Crippen LogP contribution in [-0.2, 0) is 11.3 Å². The van der Waals surface area contributed by atoms with Crippen LogP contribution in [0.5, 0.6) is 5.75 Å². The third-order valence-electron chi connectivity index (χ3n) is 4.28. The molecule has 6 heteroatoms. The number of aromatic nitrogens is 1. The molecule has 0 atom stereocenters. The van der Waals surface area contributed by atoms with Gasteiger partial charge in [0, 0.05) is 49.7 Å². The maximum absolute atomic E-state index is 12.4. The summed E-state index contributed by atoms with van der Waals surface area (Å²) in [6, 6.07) is 7.69. The Hall–Kier alpha value is -2.18. The minimum Gasteiger partial charge on any atom is -0.496 e. The Balaban J connectivity index is 1.52. The fraction of sp³-hybridized carbons (Fsp3) is 0.368. The molecule has 1 saturated heterocycles. The van der Waals surface area contributed by atoms with Crippen LogP contribution >= 0.6 is 11.3 Å². The molecule has 3 rings (SSSR count). The van der Waals surface area contributed by atoms with Crippen molar-refractivity contribution in [3.8, 4) is 5.75 Å². The molecule has 0 radical (unpaired) electrons. The summed E-state index contributed by atoms with van der Waals surface area (Å²) in [5.41, 5.74) is 2.04. The summed E-state index contributed by atoms with van der Waals surface area (Å²) in [4.78, 5) is 21.2. The Bertz CT molecular complexity index is 749. The van der Waals surface area contributed by atoms with E-state index in [0.717, 1.165) is 54.7 Å². The van der Waals surface area contributed by atoms with Crippen LogP contribution in [0.4, 0.5) is 0 Å². The lowest BCUT2D eigenvalue weighted by atomic mass is 10.2. The molecule has 132 valence electrons. The lowest BCUT2D eigenvalue weighted by Gasteiger charge is -2.33. The van der Waals surface area contributed by atoms with Crippen LogP contribution in [0.3, 0.4) is 0 Å². The second-order valence-electron chi connectivity index (χ2n) is 6.03. The first kappa shape index (κ1) is 17.6. The molecule has 2 aromatic rings. The van der Waals surface area contributed by atoms with E-state index in [1.165, 1.54) is 0 Å². The first-order valence-electron chi connectivity index (χ1n) is 8.39. The zero-order valence-electron chi connectivity index (χ0n) is 14.6. The summed E-state index contributed by atoms with van der Waals surface area (Å²) < 4.78 is 5.31. The SMILES string of the molecule is COc1ccccc1/C=C/C(=O)N1CCN(Cc2csc(C)n2)CC1. The average molecular weight is 357 g/mol. The third-order valence-corrected chi connectivity index (χ3v) is 5.10. The van der Waals surface area contributed by atoms with Gasteiger partial charge in [-0.15, -0.1) is 11.3 Å². The van der Waals surface area contributed by atoms with E-state index in [0.29, 0.717) is 0 Å². The number of carbonyl (C=O) groups excluding carboxylic acids is 1. The number of hydrogen-bond acceptors (Lipinski definition) is 5. The number of methoxy groups -OCH3 is 1. The summed E-state index contributed by atoms with van der Waals surface area (Å²) in [6.07, 6.45) is 3.46. The van der Waals surface area contributed by atoms with Crippen molar-refractivity contribution in [2.75, 3.05) is 33.3 Å². The number of para-hydroxylation sites is 1. The number of benzene rings is 1. The fourth-order valence-corrected chi connectivity index (χ4v) is 3.51. The maximum atomic E-state index is 12.4. The maximum Gasteiger partial charge on any atom is 0.246 e. The zero-order chi connectivity index (χ0) is 17.6. The minimum atomic E-state index is 0.0510. The predicted octanol–water partition coefficient (Wildman–Crippen LogP) is 2.82. The molecule has 1 fully saturated rings. The van der Waals surface area contributed by atoms with E-state index in [4.69, 9.17) is 4.74 Å². The number of ether oxygens (including phenoxy) is 1. The number of carbonyl (C=O) groups is 1. The van der Waals surface area contributed by atoms with Crippen LogP contribution in [0, 0.1) is 6.92 Å². The van der Waals surface area contributed by atoms with E-state index in [-0.39, 0.29) is 5.91 Å². The smallest absolute Gasteiger partial charge is 0.246 e. The summed E-state index contributed by atoms with van der Waals surface area (Å²) in [5, 5.41) is 3.22. The largest absolute Gasteiger partial charge is 0.496 e. The average Bonchev–Trinajstić information content (AvgIpc) is 3.05. The van der Waals surface area contributed by atoms with Crippen LogP contribution < -0.4 is 4.74 Å². The molecule has 0 bridgehead atoms. The van der Waals surface area contributed by atoms with Gasteiger partial charge in [0.15, 0.2) is 0 Å². The van der Waals surface area contributed by atoms with Gasteiger partial charge in [-0.3, -0.25) is 9.69 Å². The summed E-state index contributed by atoms with van der Waals surface area (Å²) in [5.74, 6) is 0.824. The van der Waals surface area contributed by atoms with Crippen molar-refractivity contribution in [3.05, 3.63) is 52.0 Å². The highest BCUT2D eigenvalue weighted by atomic mass is 32.1. The van der Waals surface area contributed by atoms with E-state index >= 15 is 0 Å². The van der Waals surface area contributed by atoms with E-state index in [2.05, 4.69) is 15.3 Å². The number of amides is 1. The van der Waals surface area contributed by atoms with Crippen LogP contribution in [0.2, 0.25) is 0 Å². The zero-order valence-corrected chi connectivity index (χ0v) is 15.5. The second-order valence-corrected chi connectivity index (χ2v) is 7.10. The molecule has 1 amide bonds. The van der Waals surface area contributed by atoms with Gasteiger partial charge in [0.1, 0.15) is 5.75 Å². The van der Waals surface area contributed by atoms with Crippen molar-refractivity contribution in [2.45, 2.75) is 13.5 Å². The van der Waals surface area contributed by atoms with Crippen LogP contribution in [-0.4, -0.2) is 54.0 Å². The number of piperazine rings is 1. The van der Waals surface area contributed by atoms with E-state index in [1.807, 2.05) is 42.2 Å². The van der Waals surface area contributed by atoms with Crippen molar-refractivity contribution in [1.82, 2.24) is 14.8 Å². The molecule has 0 unspecified atom stereocenters. The first-order chi connectivity index (χ1) is 12.2. The molecule has 0 saturated carbocycles. The standard InChI is InChI=1S/C19H23N3O2S/c1-15-20-17(14-25-15)13-21-9-11-22(12-10-21)19(23)8-7-16-5-3-4-6-18(16)24-2/h3-8,14H,9-13H2,1-2H3/b8-7+. The van der Waals surface area contributed by atoms with Crippen LogP contribution in [0.25, 0.3) is 6.08 Å². The second kappa shape index (κ2) is 8.27. The number of rotatable bonds is 5. The summed E-state index contributed by atoms with van der Waals surface area (Å²) in [7, 11) is 1.64. The lowest BCUT2D eigenvalue weighted by molar-refractivity contribution is -0.127.